The van der Waals surface area contributed by atoms with Crippen LogP contribution in [0.5, 0.6) is 0 Å². The summed E-state index contributed by atoms with van der Waals surface area (Å²) in [5.41, 5.74) is 4.02. The molecule has 3 rings (SSSR count). The molecule has 3 aromatic rings. The van der Waals surface area contributed by atoms with Crippen LogP contribution in [0.4, 0.5) is 32.4 Å². The molecule has 14 heteroatoms. The highest BCUT2D eigenvalue weighted by Gasteiger charge is 2.38. The number of nitrogens with one attached hydrogen (secondary N) is 1. The third-order valence-electron chi connectivity index (χ3n) is 3.64. The zero-order valence-electron chi connectivity index (χ0n) is 15.0. The van der Waals surface area contributed by atoms with E-state index < -0.39 is 52.8 Å². The third kappa shape index (κ3) is 5.09. The number of nitrogens with two attached hydrogens (primary N) is 1. The molecule has 9 nitrogen and oxygen atoms in total. The molecular formula is C17H10F5N5O4. The lowest BCUT2D eigenvalue weighted by Crippen LogP contribution is -2.16. The number of halogens is 5. The Morgan fingerprint density at radius 3 is 2.35 bits per heavy atom. The van der Waals surface area contributed by atoms with Gasteiger partial charge in [0.1, 0.15) is 18.0 Å². The van der Waals surface area contributed by atoms with Crippen molar-refractivity contribution < 1.29 is 40.8 Å². The molecule has 0 aliphatic heterocycles. The Hall–Kier alpha value is -4.10. The predicted molar refractivity (Wildman–Crippen MR) is 91.2 cm³/mol. The molecule has 31 heavy (non-hydrogen) atoms. The number of alkyl halides is 3. The second kappa shape index (κ2) is 8.33. The van der Waals surface area contributed by atoms with Crippen LogP contribution in [0.1, 0.15) is 21.9 Å². The summed E-state index contributed by atoms with van der Waals surface area (Å²) in [5.74, 6) is -5.79. The highest BCUT2D eigenvalue weighted by Crippen LogP contribution is 2.31. The van der Waals surface area contributed by atoms with E-state index in [1.807, 2.05) is 5.32 Å². The molecule has 0 saturated heterocycles. The topological polar surface area (TPSA) is 133 Å². The Morgan fingerprint density at radius 1 is 1.16 bits per heavy atom. The maximum absolute atomic E-state index is 14.2. The molecule has 162 valence electrons. The predicted octanol–water partition coefficient (Wildman–Crippen LogP) is 3.28. The largest absolute Gasteiger partial charge is 0.471 e. The zero-order valence-corrected chi connectivity index (χ0v) is 15.0. The average molecular weight is 443 g/mol. The minimum atomic E-state index is -4.93. The van der Waals surface area contributed by atoms with Crippen LogP contribution in [0, 0.1) is 11.6 Å². The van der Waals surface area contributed by atoms with Gasteiger partial charge in [-0.1, -0.05) is 11.2 Å². The van der Waals surface area contributed by atoms with E-state index in [2.05, 4.69) is 19.6 Å². The summed E-state index contributed by atoms with van der Waals surface area (Å²) in [6.07, 6.45) is -4.95. The number of carbonyl (C=O) groups is 2. The van der Waals surface area contributed by atoms with Gasteiger partial charge in [0.15, 0.2) is 11.6 Å². The Bertz CT molecular complexity index is 1110. The van der Waals surface area contributed by atoms with Crippen molar-refractivity contribution in [1.82, 2.24) is 15.1 Å². The maximum Gasteiger partial charge on any atom is 0.471 e. The molecule has 0 aliphatic carbocycles. The first kappa shape index (κ1) is 21.6. The van der Waals surface area contributed by atoms with E-state index >= 15 is 0 Å². The van der Waals surface area contributed by atoms with Gasteiger partial charge in [-0.15, -0.1) is 0 Å². The van der Waals surface area contributed by atoms with Crippen molar-refractivity contribution in [3.05, 3.63) is 59.2 Å². The highest BCUT2D eigenvalue weighted by molar-refractivity contribution is 5.90. The third-order valence-corrected chi connectivity index (χ3v) is 3.64. The smallest absolute Gasteiger partial charge is 0.444 e. The number of hydrogen-bond acceptors (Lipinski definition) is 7. The molecule has 3 N–H and O–H groups in total. The van der Waals surface area contributed by atoms with Crippen molar-refractivity contribution in [2.75, 3.05) is 5.32 Å². The van der Waals surface area contributed by atoms with Gasteiger partial charge < -0.3 is 15.0 Å². The molecule has 1 aromatic carbocycles. The van der Waals surface area contributed by atoms with E-state index in [9.17, 15) is 31.5 Å². The molecule has 2 aromatic heterocycles. The van der Waals surface area contributed by atoms with Crippen LogP contribution in [0.15, 0.2) is 35.0 Å². The van der Waals surface area contributed by atoms with Crippen molar-refractivity contribution in [3.8, 4) is 11.4 Å². The molecule has 2 amide bonds. The summed E-state index contributed by atoms with van der Waals surface area (Å²) in [5, 5.41) is 4.86. The van der Waals surface area contributed by atoms with E-state index in [1.165, 1.54) is 18.3 Å². The number of aromatic nitrogens is 3. The molecule has 0 aliphatic rings. The molecule has 0 saturated carbocycles. The van der Waals surface area contributed by atoms with Crippen molar-refractivity contribution in [1.29, 1.82) is 0 Å². The number of carbonyl (C=O) groups excluding carboxylic acids is 2. The normalized spacial score (nSPS) is 11.3. The fraction of sp³-hybridized carbons (Fsp3) is 0.118. The van der Waals surface area contributed by atoms with Crippen molar-refractivity contribution in [2.24, 2.45) is 5.73 Å². The van der Waals surface area contributed by atoms with Crippen LogP contribution in [0.2, 0.25) is 0 Å². The summed E-state index contributed by atoms with van der Waals surface area (Å²) in [6.45, 7) is -0.345. The van der Waals surface area contributed by atoms with Gasteiger partial charge in [-0.25, -0.2) is 13.6 Å². The lowest BCUT2D eigenvalue weighted by Gasteiger charge is -2.09. The zero-order chi connectivity index (χ0) is 22.8. The summed E-state index contributed by atoms with van der Waals surface area (Å²) in [4.78, 5) is 29.5. The number of benzene rings is 1. The van der Waals surface area contributed by atoms with Crippen LogP contribution < -0.4 is 11.1 Å². The Morgan fingerprint density at radius 2 is 1.84 bits per heavy atom. The van der Waals surface area contributed by atoms with E-state index in [-0.39, 0.29) is 12.3 Å². The molecule has 0 spiro atoms. The van der Waals surface area contributed by atoms with E-state index in [1.54, 1.807) is 0 Å². The Labute approximate surface area is 169 Å². The van der Waals surface area contributed by atoms with Crippen molar-refractivity contribution >= 4 is 17.7 Å². The van der Waals surface area contributed by atoms with E-state index in [0.29, 0.717) is 17.7 Å². The maximum atomic E-state index is 14.2. The number of ether oxygens (including phenoxy) is 1. The summed E-state index contributed by atoms with van der Waals surface area (Å²) in [6, 6.07) is 3.90. The quantitative estimate of drug-likeness (QED) is 0.578. The average Bonchev–Trinajstić information content (AvgIpc) is 3.20. The summed E-state index contributed by atoms with van der Waals surface area (Å²) in [7, 11) is 0. The molecule has 2 heterocycles. The number of anilines is 1. The second-order valence-corrected chi connectivity index (χ2v) is 5.85. The standard InChI is InChI=1S/C17H10F5N5O4/c18-9-3-8(14-26-15(31-27-14)17(20,21)22)4-10(19)12(9)25-16(29)30-6-7-1-2-11(13(23)28)24-5-7/h1-5H,6H2,(H2,23,28)(H,25,29). The number of hydrogen-bond donors (Lipinski definition) is 2. The van der Waals surface area contributed by atoms with Gasteiger partial charge in [0.25, 0.3) is 5.91 Å². The van der Waals surface area contributed by atoms with Crippen molar-refractivity contribution in [3.63, 3.8) is 0 Å². The molecule has 0 unspecified atom stereocenters. The Kier molecular flexibility index (Phi) is 5.81. The SMILES string of the molecule is NC(=O)c1ccc(COC(=O)Nc2c(F)cc(-c3noc(C(F)(F)F)n3)cc2F)cn1. The molecule has 0 atom stereocenters. The van der Waals surface area contributed by atoms with Gasteiger partial charge in [-0.3, -0.25) is 15.1 Å². The summed E-state index contributed by atoms with van der Waals surface area (Å²) >= 11 is 0. The molecular weight excluding hydrogens is 433 g/mol. The minimum Gasteiger partial charge on any atom is -0.444 e. The number of nitrogens with zero attached hydrogens (tertiary/aromatic N) is 3. The fourth-order valence-electron chi connectivity index (χ4n) is 2.22. The first-order chi connectivity index (χ1) is 14.5. The van der Waals surface area contributed by atoms with Crippen molar-refractivity contribution in [2.45, 2.75) is 12.8 Å². The molecule has 0 fully saturated rings. The van der Waals surface area contributed by atoms with Gasteiger partial charge in [-0.05, 0) is 18.2 Å². The minimum absolute atomic E-state index is 0.0126. The van der Waals surface area contributed by atoms with Crippen LogP contribution in [-0.2, 0) is 17.5 Å². The van der Waals surface area contributed by atoms with Gasteiger partial charge in [0, 0.05) is 17.3 Å². The van der Waals surface area contributed by atoms with Crippen LogP contribution in [-0.4, -0.2) is 27.1 Å². The number of pyridine rings is 1. The van der Waals surface area contributed by atoms with Gasteiger partial charge >= 0.3 is 18.2 Å². The molecule has 0 radical (unpaired) electrons. The first-order valence-electron chi connectivity index (χ1n) is 8.13. The number of primary amides is 1. The van der Waals surface area contributed by atoms with Crippen LogP contribution >= 0.6 is 0 Å². The first-order valence-corrected chi connectivity index (χ1v) is 8.13. The molecule has 0 bridgehead atoms. The van der Waals surface area contributed by atoms with Crippen LogP contribution in [0.3, 0.4) is 0 Å². The van der Waals surface area contributed by atoms with Gasteiger partial charge in [-0.2, -0.15) is 18.2 Å². The monoisotopic (exact) mass is 443 g/mol. The second-order valence-electron chi connectivity index (χ2n) is 5.85. The number of rotatable bonds is 5. The van der Waals surface area contributed by atoms with Gasteiger partial charge in [0.2, 0.25) is 5.82 Å². The fourth-order valence-corrected chi connectivity index (χ4v) is 2.22. The number of amides is 2. The summed E-state index contributed by atoms with van der Waals surface area (Å²) < 4.78 is 74.7. The Balaban J connectivity index is 1.68. The highest BCUT2D eigenvalue weighted by atomic mass is 19.4. The lowest BCUT2D eigenvalue weighted by atomic mass is 10.1. The van der Waals surface area contributed by atoms with Crippen LogP contribution in [0.25, 0.3) is 11.4 Å². The van der Waals surface area contributed by atoms with E-state index in [4.69, 9.17) is 10.5 Å². The lowest BCUT2D eigenvalue weighted by molar-refractivity contribution is -0.159. The van der Waals surface area contributed by atoms with Gasteiger partial charge in [0.05, 0.1) is 0 Å². The van der Waals surface area contributed by atoms with E-state index in [0.717, 1.165) is 0 Å².